The fourth-order valence-corrected chi connectivity index (χ4v) is 3.20. The lowest BCUT2D eigenvalue weighted by molar-refractivity contribution is -0.123. The Labute approximate surface area is 114 Å². The maximum absolute atomic E-state index is 11.9. The fourth-order valence-electron chi connectivity index (χ4n) is 2.34. The van der Waals surface area contributed by atoms with E-state index in [1.807, 2.05) is 25.1 Å². The molecule has 1 aliphatic rings. The summed E-state index contributed by atoms with van der Waals surface area (Å²) in [6.45, 7) is 2.33. The number of thiazole rings is 1. The van der Waals surface area contributed by atoms with Gasteiger partial charge >= 0.3 is 0 Å². The second-order valence-electron chi connectivity index (χ2n) is 4.69. The highest BCUT2D eigenvalue weighted by Gasteiger charge is 2.33. The first-order valence-electron chi connectivity index (χ1n) is 6.01. The van der Waals surface area contributed by atoms with Gasteiger partial charge in [0.2, 0.25) is 11.8 Å². The number of nitrogens with two attached hydrogens (primary N) is 1. The molecule has 2 N–H and O–H groups in total. The van der Waals surface area contributed by atoms with Gasteiger partial charge in [0.1, 0.15) is 0 Å². The van der Waals surface area contributed by atoms with Gasteiger partial charge < -0.3 is 10.6 Å². The fraction of sp³-hybridized carbons (Fsp3) is 0.308. The average Bonchev–Trinajstić information content (AvgIpc) is 2.90. The molecule has 1 fully saturated rings. The lowest BCUT2D eigenvalue weighted by Gasteiger charge is -2.16. The first-order chi connectivity index (χ1) is 9.04. The van der Waals surface area contributed by atoms with Crippen molar-refractivity contribution in [1.29, 1.82) is 0 Å². The lowest BCUT2D eigenvalue weighted by Crippen LogP contribution is -2.28. The SMILES string of the molecule is Cc1nc2ccc(N3C[C@H](C(N)=O)CC3=O)cc2s1. The first-order valence-corrected chi connectivity index (χ1v) is 6.83. The predicted octanol–water partition coefficient (Wildman–Crippen LogP) is 1.44. The Bertz CT molecular complexity index is 680. The maximum Gasteiger partial charge on any atom is 0.227 e. The van der Waals surface area contributed by atoms with E-state index in [-0.39, 0.29) is 18.2 Å². The number of aromatic nitrogens is 1. The summed E-state index contributed by atoms with van der Waals surface area (Å²) in [5, 5.41) is 0.995. The third kappa shape index (κ3) is 2.08. The summed E-state index contributed by atoms with van der Waals surface area (Å²) in [6, 6.07) is 5.71. The summed E-state index contributed by atoms with van der Waals surface area (Å²) in [5.74, 6) is -0.846. The molecule has 5 nitrogen and oxygen atoms in total. The molecule has 1 atom stereocenters. The van der Waals surface area contributed by atoms with E-state index in [1.165, 1.54) is 0 Å². The molecule has 1 aromatic carbocycles. The number of carbonyl (C=O) groups is 2. The molecule has 3 rings (SSSR count). The van der Waals surface area contributed by atoms with Crippen molar-refractivity contribution in [3.8, 4) is 0 Å². The molecule has 0 unspecified atom stereocenters. The molecule has 2 aromatic rings. The van der Waals surface area contributed by atoms with E-state index in [1.54, 1.807) is 16.2 Å². The van der Waals surface area contributed by atoms with Crippen LogP contribution in [0.1, 0.15) is 11.4 Å². The van der Waals surface area contributed by atoms with Gasteiger partial charge in [-0.15, -0.1) is 11.3 Å². The van der Waals surface area contributed by atoms with Crippen molar-refractivity contribution in [2.75, 3.05) is 11.4 Å². The monoisotopic (exact) mass is 275 g/mol. The molecule has 1 aliphatic heterocycles. The van der Waals surface area contributed by atoms with Crippen molar-refractivity contribution in [2.45, 2.75) is 13.3 Å². The van der Waals surface area contributed by atoms with Gasteiger partial charge in [-0.05, 0) is 25.1 Å². The van der Waals surface area contributed by atoms with Gasteiger partial charge in [0.15, 0.2) is 0 Å². The van der Waals surface area contributed by atoms with Crippen molar-refractivity contribution < 1.29 is 9.59 Å². The molecule has 1 saturated heterocycles. The lowest BCUT2D eigenvalue weighted by atomic mass is 10.1. The molecular formula is C13H13N3O2S. The van der Waals surface area contributed by atoms with E-state index < -0.39 is 5.91 Å². The van der Waals surface area contributed by atoms with E-state index in [0.717, 1.165) is 20.9 Å². The van der Waals surface area contributed by atoms with Crippen molar-refractivity contribution in [3.05, 3.63) is 23.2 Å². The molecule has 2 amide bonds. The van der Waals surface area contributed by atoms with Gasteiger partial charge in [0.25, 0.3) is 0 Å². The highest BCUT2D eigenvalue weighted by Crippen LogP contribution is 2.30. The minimum Gasteiger partial charge on any atom is -0.369 e. The van der Waals surface area contributed by atoms with Crippen molar-refractivity contribution in [2.24, 2.45) is 11.7 Å². The summed E-state index contributed by atoms with van der Waals surface area (Å²) in [6.07, 6.45) is 0.203. The molecule has 0 radical (unpaired) electrons. The average molecular weight is 275 g/mol. The number of aryl methyl sites for hydroxylation is 1. The van der Waals surface area contributed by atoms with Gasteiger partial charge in [0, 0.05) is 18.7 Å². The minimum absolute atomic E-state index is 0.0515. The highest BCUT2D eigenvalue weighted by molar-refractivity contribution is 7.18. The topological polar surface area (TPSA) is 76.3 Å². The van der Waals surface area contributed by atoms with Gasteiger partial charge in [-0.2, -0.15) is 0 Å². The maximum atomic E-state index is 11.9. The van der Waals surface area contributed by atoms with Crippen LogP contribution in [0.2, 0.25) is 0 Å². The van der Waals surface area contributed by atoms with E-state index in [2.05, 4.69) is 4.98 Å². The first kappa shape index (κ1) is 12.1. The zero-order valence-corrected chi connectivity index (χ0v) is 11.2. The molecule has 0 aliphatic carbocycles. The second-order valence-corrected chi connectivity index (χ2v) is 5.93. The van der Waals surface area contributed by atoms with E-state index >= 15 is 0 Å². The molecule has 2 heterocycles. The number of fused-ring (bicyclic) bond motifs is 1. The van der Waals surface area contributed by atoms with Crippen LogP contribution in [0.15, 0.2) is 18.2 Å². The number of anilines is 1. The number of hydrogen-bond acceptors (Lipinski definition) is 4. The second kappa shape index (κ2) is 4.31. The largest absolute Gasteiger partial charge is 0.369 e. The number of rotatable bonds is 2. The van der Waals surface area contributed by atoms with Gasteiger partial charge in [-0.25, -0.2) is 4.98 Å². The molecule has 98 valence electrons. The number of carbonyl (C=O) groups excluding carboxylic acids is 2. The van der Waals surface area contributed by atoms with Crippen LogP contribution in [-0.2, 0) is 9.59 Å². The van der Waals surface area contributed by atoms with Crippen LogP contribution in [0.3, 0.4) is 0 Å². The third-order valence-corrected chi connectivity index (χ3v) is 4.25. The van der Waals surface area contributed by atoms with Crippen LogP contribution in [0, 0.1) is 12.8 Å². The number of nitrogens with zero attached hydrogens (tertiary/aromatic N) is 2. The molecule has 0 spiro atoms. The molecule has 0 saturated carbocycles. The summed E-state index contributed by atoms with van der Waals surface area (Å²) in [4.78, 5) is 29.1. The Morgan fingerprint density at radius 3 is 3.00 bits per heavy atom. The Kier molecular flexibility index (Phi) is 2.74. The summed E-state index contributed by atoms with van der Waals surface area (Å²) in [7, 11) is 0. The van der Waals surface area contributed by atoms with Crippen LogP contribution in [0.5, 0.6) is 0 Å². The Balaban J connectivity index is 1.95. The quantitative estimate of drug-likeness (QED) is 0.901. The smallest absolute Gasteiger partial charge is 0.227 e. The zero-order chi connectivity index (χ0) is 13.6. The summed E-state index contributed by atoms with van der Waals surface area (Å²) < 4.78 is 1.05. The van der Waals surface area contributed by atoms with E-state index in [4.69, 9.17) is 5.73 Å². The summed E-state index contributed by atoms with van der Waals surface area (Å²) in [5.41, 5.74) is 7.01. The normalized spacial score (nSPS) is 19.3. The third-order valence-electron chi connectivity index (χ3n) is 3.32. The Morgan fingerprint density at radius 1 is 1.53 bits per heavy atom. The minimum atomic E-state index is -0.412. The molecule has 6 heteroatoms. The van der Waals surface area contributed by atoms with Gasteiger partial charge in [0.05, 0.1) is 21.1 Å². The zero-order valence-electron chi connectivity index (χ0n) is 10.4. The highest BCUT2D eigenvalue weighted by atomic mass is 32.1. The molecule has 1 aromatic heterocycles. The summed E-state index contributed by atoms with van der Waals surface area (Å²) >= 11 is 1.59. The van der Waals surface area contributed by atoms with Crippen LogP contribution in [0.4, 0.5) is 5.69 Å². The van der Waals surface area contributed by atoms with Crippen molar-refractivity contribution in [3.63, 3.8) is 0 Å². The standard InChI is InChI=1S/C13H13N3O2S/c1-7-15-10-3-2-9(5-11(10)19-7)16-6-8(13(14)18)4-12(16)17/h2-3,5,8H,4,6H2,1H3,(H2,14,18)/t8-/m1/s1. The van der Waals surface area contributed by atoms with Crippen LogP contribution in [-0.4, -0.2) is 23.3 Å². The van der Waals surface area contributed by atoms with Crippen LogP contribution < -0.4 is 10.6 Å². The number of primary amides is 1. The number of amides is 2. The Morgan fingerprint density at radius 2 is 2.32 bits per heavy atom. The van der Waals surface area contributed by atoms with E-state index in [9.17, 15) is 9.59 Å². The molecular weight excluding hydrogens is 262 g/mol. The van der Waals surface area contributed by atoms with Crippen LogP contribution in [0.25, 0.3) is 10.2 Å². The predicted molar refractivity (Wildman–Crippen MR) is 74.0 cm³/mol. The molecule has 19 heavy (non-hydrogen) atoms. The molecule has 0 bridgehead atoms. The van der Waals surface area contributed by atoms with Gasteiger partial charge in [-0.3, -0.25) is 9.59 Å². The van der Waals surface area contributed by atoms with Crippen molar-refractivity contribution >= 4 is 39.1 Å². The Hall–Kier alpha value is -1.95. The van der Waals surface area contributed by atoms with E-state index in [0.29, 0.717) is 6.54 Å². The van der Waals surface area contributed by atoms with Crippen LogP contribution >= 0.6 is 11.3 Å². The van der Waals surface area contributed by atoms with Crippen molar-refractivity contribution in [1.82, 2.24) is 4.98 Å². The number of hydrogen-bond donors (Lipinski definition) is 1. The van der Waals surface area contributed by atoms with Gasteiger partial charge in [-0.1, -0.05) is 0 Å². The number of benzene rings is 1.